The molecule has 0 aliphatic carbocycles. The van der Waals surface area contributed by atoms with Gasteiger partial charge in [-0.25, -0.2) is 4.39 Å². The van der Waals surface area contributed by atoms with Crippen molar-refractivity contribution in [1.82, 2.24) is 0 Å². The summed E-state index contributed by atoms with van der Waals surface area (Å²) < 4.78 is 18.7. The molecule has 3 rings (SSSR count). The fourth-order valence-corrected chi connectivity index (χ4v) is 3.10. The number of rotatable bonds is 4. The minimum absolute atomic E-state index is 0.211. The normalized spacial score (nSPS) is 18.4. The largest absolute Gasteiger partial charge is 0.493 e. The van der Waals surface area contributed by atoms with Gasteiger partial charge in [-0.3, -0.25) is 0 Å². The third-order valence-electron chi connectivity index (χ3n) is 3.90. The Morgan fingerprint density at radius 1 is 1.15 bits per heavy atom. The highest BCUT2D eigenvalue weighted by Gasteiger charge is 2.26. The monoisotopic (exact) mass is 290 g/mol. The predicted octanol–water partition coefficient (Wildman–Crippen LogP) is 4.71. The molecule has 0 fully saturated rings. The number of fused-ring (bicyclic) bond motifs is 1. The number of alkyl halides is 1. The number of para-hydroxylation sites is 1. The average Bonchev–Trinajstić information content (AvgIpc) is 2.89. The highest BCUT2D eigenvalue weighted by Crippen LogP contribution is 2.39. The molecule has 0 amide bonds. The second kappa shape index (κ2) is 5.84. The Morgan fingerprint density at radius 3 is 2.65 bits per heavy atom. The zero-order chi connectivity index (χ0) is 13.9. The van der Waals surface area contributed by atoms with Crippen LogP contribution >= 0.6 is 11.6 Å². The van der Waals surface area contributed by atoms with Crippen LogP contribution in [0.1, 0.15) is 29.4 Å². The Hall–Kier alpha value is -1.54. The molecule has 2 atom stereocenters. The molecule has 1 nitrogen and oxygen atoms in total. The molecular formula is C17H16ClFO. The quantitative estimate of drug-likeness (QED) is 0.741. The van der Waals surface area contributed by atoms with Crippen LogP contribution in [0.5, 0.6) is 5.75 Å². The second-order valence-corrected chi connectivity index (χ2v) is 5.49. The van der Waals surface area contributed by atoms with Gasteiger partial charge in [-0.2, -0.15) is 0 Å². The van der Waals surface area contributed by atoms with Crippen LogP contribution in [0, 0.1) is 5.82 Å². The first-order chi connectivity index (χ1) is 9.78. The fourth-order valence-electron chi connectivity index (χ4n) is 2.79. The summed E-state index contributed by atoms with van der Waals surface area (Å²) >= 11 is 6.11. The minimum Gasteiger partial charge on any atom is -0.493 e. The van der Waals surface area contributed by atoms with Crippen LogP contribution in [0.2, 0.25) is 0 Å². The second-order valence-electron chi connectivity index (χ2n) is 5.18. The highest BCUT2D eigenvalue weighted by atomic mass is 35.5. The summed E-state index contributed by atoms with van der Waals surface area (Å²) in [6.45, 7) is 0.702. The molecule has 2 aromatic rings. The molecule has 1 heterocycles. The molecule has 0 bridgehead atoms. The lowest BCUT2D eigenvalue weighted by atomic mass is 9.87. The Morgan fingerprint density at radius 2 is 1.90 bits per heavy atom. The zero-order valence-electron chi connectivity index (χ0n) is 11.1. The van der Waals surface area contributed by atoms with Gasteiger partial charge in [-0.1, -0.05) is 30.3 Å². The van der Waals surface area contributed by atoms with Crippen LogP contribution in [-0.2, 0) is 0 Å². The van der Waals surface area contributed by atoms with Gasteiger partial charge in [0.15, 0.2) is 0 Å². The van der Waals surface area contributed by atoms with Gasteiger partial charge in [-0.15, -0.1) is 11.6 Å². The number of benzene rings is 2. The Balaban J connectivity index is 1.78. The molecule has 1 aliphatic heterocycles. The summed E-state index contributed by atoms with van der Waals surface area (Å²) in [6.07, 6.45) is 0.923. The minimum atomic E-state index is -0.211. The number of ether oxygens (including phenoxy) is 1. The SMILES string of the molecule is Fc1ccc(C(CCl)CC2COc3ccccc32)cc1. The Bertz CT molecular complexity index is 582. The predicted molar refractivity (Wildman–Crippen MR) is 79.2 cm³/mol. The molecule has 0 spiro atoms. The van der Waals surface area contributed by atoms with E-state index < -0.39 is 0 Å². The summed E-state index contributed by atoms with van der Waals surface area (Å²) in [5.41, 5.74) is 2.34. The first kappa shape index (κ1) is 13.4. The maximum atomic E-state index is 13.0. The van der Waals surface area contributed by atoms with Crippen molar-refractivity contribution in [1.29, 1.82) is 0 Å². The van der Waals surface area contributed by atoms with E-state index in [9.17, 15) is 4.39 Å². The van der Waals surface area contributed by atoms with E-state index >= 15 is 0 Å². The summed E-state index contributed by atoms with van der Waals surface area (Å²) in [7, 11) is 0. The first-order valence-electron chi connectivity index (χ1n) is 6.81. The van der Waals surface area contributed by atoms with Gasteiger partial charge in [0.1, 0.15) is 11.6 Å². The number of halogens is 2. The summed E-state index contributed by atoms with van der Waals surface area (Å²) in [4.78, 5) is 0. The van der Waals surface area contributed by atoms with Crippen molar-refractivity contribution < 1.29 is 9.13 Å². The van der Waals surface area contributed by atoms with Gasteiger partial charge in [-0.05, 0) is 36.1 Å². The van der Waals surface area contributed by atoms with Gasteiger partial charge in [0.05, 0.1) is 6.61 Å². The Labute approximate surface area is 123 Å². The van der Waals surface area contributed by atoms with E-state index in [1.807, 2.05) is 30.3 Å². The van der Waals surface area contributed by atoms with E-state index in [2.05, 4.69) is 6.07 Å². The van der Waals surface area contributed by atoms with Crippen molar-refractivity contribution in [2.24, 2.45) is 0 Å². The summed E-state index contributed by atoms with van der Waals surface area (Å²) in [6, 6.07) is 14.8. The van der Waals surface area contributed by atoms with Crippen LogP contribution in [0.4, 0.5) is 4.39 Å². The van der Waals surface area contributed by atoms with E-state index in [-0.39, 0.29) is 11.7 Å². The Kier molecular flexibility index (Phi) is 3.93. The third-order valence-corrected chi connectivity index (χ3v) is 4.27. The molecule has 0 saturated carbocycles. The molecule has 1 aliphatic rings. The van der Waals surface area contributed by atoms with Crippen LogP contribution in [0.25, 0.3) is 0 Å². The van der Waals surface area contributed by atoms with Gasteiger partial charge < -0.3 is 4.74 Å². The van der Waals surface area contributed by atoms with Crippen molar-refractivity contribution in [3.8, 4) is 5.75 Å². The smallest absolute Gasteiger partial charge is 0.123 e. The summed E-state index contributed by atoms with van der Waals surface area (Å²) in [5, 5.41) is 0. The van der Waals surface area contributed by atoms with E-state index in [1.54, 1.807) is 0 Å². The molecule has 0 aromatic heterocycles. The van der Waals surface area contributed by atoms with E-state index in [4.69, 9.17) is 16.3 Å². The lowest BCUT2D eigenvalue weighted by Gasteiger charge is -2.18. The van der Waals surface area contributed by atoms with Gasteiger partial charge in [0, 0.05) is 17.4 Å². The number of hydrogen-bond acceptors (Lipinski definition) is 1. The van der Waals surface area contributed by atoms with Crippen molar-refractivity contribution in [3.63, 3.8) is 0 Å². The molecule has 104 valence electrons. The van der Waals surface area contributed by atoms with Crippen LogP contribution in [0.3, 0.4) is 0 Å². The molecule has 20 heavy (non-hydrogen) atoms. The van der Waals surface area contributed by atoms with E-state index in [0.29, 0.717) is 18.4 Å². The van der Waals surface area contributed by atoms with Gasteiger partial charge >= 0.3 is 0 Å². The van der Waals surface area contributed by atoms with Crippen molar-refractivity contribution in [2.75, 3.05) is 12.5 Å². The molecule has 0 N–H and O–H groups in total. The van der Waals surface area contributed by atoms with Crippen molar-refractivity contribution >= 4 is 11.6 Å². The molecular weight excluding hydrogens is 275 g/mol. The molecule has 3 heteroatoms. The topological polar surface area (TPSA) is 9.23 Å². The van der Waals surface area contributed by atoms with E-state index in [1.165, 1.54) is 17.7 Å². The van der Waals surface area contributed by atoms with Crippen LogP contribution in [0.15, 0.2) is 48.5 Å². The van der Waals surface area contributed by atoms with E-state index in [0.717, 1.165) is 17.7 Å². The van der Waals surface area contributed by atoms with Gasteiger partial charge in [0.2, 0.25) is 0 Å². The lowest BCUT2D eigenvalue weighted by molar-refractivity contribution is 0.320. The maximum Gasteiger partial charge on any atom is 0.123 e. The lowest BCUT2D eigenvalue weighted by Crippen LogP contribution is -2.09. The average molecular weight is 291 g/mol. The van der Waals surface area contributed by atoms with Crippen LogP contribution in [-0.4, -0.2) is 12.5 Å². The molecule has 2 unspecified atom stereocenters. The third kappa shape index (κ3) is 2.66. The van der Waals surface area contributed by atoms with Crippen molar-refractivity contribution in [3.05, 3.63) is 65.5 Å². The maximum absolute atomic E-state index is 13.0. The number of hydrogen-bond donors (Lipinski definition) is 0. The molecule has 0 saturated heterocycles. The highest BCUT2D eigenvalue weighted by molar-refractivity contribution is 6.18. The van der Waals surface area contributed by atoms with Gasteiger partial charge in [0.25, 0.3) is 0 Å². The van der Waals surface area contributed by atoms with Crippen LogP contribution < -0.4 is 4.74 Å². The summed E-state index contributed by atoms with van der Waals surface area (Å²) in [5.74, 6) is 1.88. The van der Waals surface area contributed by atoms with Crippen molar-refractivity contribution in [2.45, 2.75) is 18.3 Å². The molecule has 2 aromatic carbocycles. The molecule has 0 radical (unpaired) electrons. The fraction of sp³-hybridized carbons (Fsp3) is 0.294. The standard InChI is InChI=1S/C17H16ClFO/c18-10-13(12-5-7-15(19)8-6-12)9-14-11-20-17-4-2-1-3-16(14)17/h1-8,13-14H,9-11H2. The zero-order valence-corrected chi connectivity index (χ0v) is 11.8. The first-order valence-corrected chi connectivity index (χ1v) is 7.34.